The molecule has 17 heavy (non-hydrogen) atoms. The molecule has 0 bridgehead atoms. The van der Waals surface area contributed by atoms with Gasteiger partial charge in [-0.1, -0.05) is 0 Å². The summed E-state index contributed by atoms with van der Waals surface area (Å²) < 4.78 is 1.60. The number of hydrogen-bond acceptors (Lipinski definition) is 4. The van der Waals surface area contributed by atoms with E-state index in [-0.39, 0.29) is 0 Å². The van der Waals surface area contributed by atoms with Gasteiger partial charge in [-0.2, -0.15) is 5.10 Å². The van der Waals surface area contributed by atoms with Gasteiger partial charge in [-0.15, -0.1) is 0 Å². The number of amides is 1. The second-order valence-electron chi connectivity index (χ2n) is 4.53. The van der Waals surface area contributed by atoms with Gasteiger partial charge in [0.25, 0.3) is 5.91 Å². The number of nitrogens with one attached hydrogen (secondary N) is 2. The van der Waals surface area contributed by atoms with E-state index in [1.54, 1.807) is 31.0 Å². The monoisotopic (exact) mass is 238 g/mol. The molecule has 6 heteroatoms. The second kappa shape index (κ2) is 4.46. The number of aryl methyl sites for hydroxylation is 1. The summed E-state index contributed by atoms with van der Waals surface area (Å²) in [6.07, 6.45) is 3.37. The quantitative estimate of drug-likeness (QED) is 0.682. The molecule has 1 atom stereocenters. The van der Waals surface area contributed by atoms with Gasteiger partial charge in [-0.25, -0.2) is 0 Å². The Labute approximate surface area is 100 Å². The van der Waals surface area contributed by atoms with Crippen molar-refractivity contribution < 1.29 is 9.90 Å². The van der Waals surface area contributed by atoms with E-state index in [4.69, 9.17) is 0 Å². The van der Waals surface area contributed by atoms with Crippen molar-refractivity contribution in [2.24, 2.45) is 7.05 Å². The van der Waals surface area contributed by atoms with E-state index < -0.39 is 17.6 Å². The van der Waals surface area contributed by atoms with Gasteiger partial charge in [0.05, 0.1) is 5.54 Å². The van der Waals surface area contributed by atoms with Crippen LogP contribution in [-0.4, -0.2) is 39.5 Å². The molecule has 0 aliphatic heterocycles. The van der Waals surface area contributed by atoms with E-state index >= 15 is 0 Å². The Morgan fingerprint density at radius 1 is 1.65 bits per heavy atom. The van der Waals surface area contributed by atoms with Crippen LogP contribution in [0.2, 0.25) is 0 Å². The third-order valence-electron chi connectivity index (χ3n) is 3.48. The molecule has 1 heterocycles. The molecule has 3 N–H and O–H groups in total. The minimum Gasteiger partial charge on any atom is -0.381 e. The molecule has 6 nitrogen and oxygen atoms in total. The van der Waals surface area contributed by atoms with Crippen molar-refractivity contribution in [3.63, 3.8) is 0 Å². The first-order chi connectivity index (χ1) is 8.07. The zero-order valence-corrected chi connectivity index (χ0v) is 10.1. The van der Waals surface area contributed by atoms with Crippen molar-refractivity contribution >= 4 is 11.7 Å². The topological polar surface area (TPSA) is 79.2 Å². The molecule has 1 fully saturated rings. The van der Waals surface area contributed by atoms with Gasteiger partial charge in [-0.3, -0.25) is 9.48 Å². The smallest absolute Gasteiger partial charge is 0.256 e. The molecule has 1 aromatic heterocycles. The van der Waals surface area contributed by atoms with Crippen LogP contribution < -0.4 is 10.6 Å². The maximum absolute atomic E-state index is 11.9. The molecule has 0 aromatic carbocycles. The molecular weight excluding hydrogens is 220 g/mol. The van der Waals surface area contributed by atoms with E-state index in [2.05, 4.69) is 15.7 Å². The number of aliphatic hydroxyl groups excluding tert-OH is 1. The number of aliphatic hydroxyl groups is 1. The first-order valence-electron chi connectivity index (χ1n) is 5.75. The van der Waals surface area contributed by atoms with Crippen LogP contribution >= 0.6 is 0 Å². The maximum Gasteiger partial charge on any atom is 0.256 e. The van der Waals surface area contributed by atoms with Gasteiger partial charge < -0.3 is 15.7 Å². The summed E-state index contributed by atoms with van der Waals surface area (Å²) >= 11 is 0. The number of rotatable bonds is 4. The number of likely N-dealkylation sites (N-methyl/N-ethyl adjacent to an activating group) is 1. The Kier molecular flexibility index (Phi) is 3.17. The van der Waals surface area contributed by atoms with Crippen LogP contribution in [0.4, 0.5) is 5.82 Å². The molecule has 1 amide bonds. The van der Waals surface area contributed by atoms with E-state index in [1.165, 1.54) is 0 Å². The fourth-order valence-electron chi connectivity index (χ4n) is 2.15. The molecule has 1 aromatic rings. The summed E-state index contributed by atoms with van der Waals surface area (Å²) in [7, 11) is 3.55. The highest BCUT2D eigenvalue weighted by Crippen LogP contribution is 2.34. The summed E-state index contributed by atoms with van der Waals surface area (Å²) in [5.74, 6) is 0.0554. The van der Waals surface area contributed by atoms with Crippen molar-refractivity contribution in [1.82, 2.24) is 15.1 Å². The lowest BCUT2D eigenvalue weighted by Gasteiger charge is -2.44. The molecule has 94 valence electrons. The van der Waals surface area contributed by atoms with Gasteiger partial charge in [0, 0.05) is 19.3 Å². The predicted molar refractivity (Wildman–Crippen MR) is 63.5 cm³/mol. The zero-order chi connectivity index (χ0) is 12.5. The number of nitrogens with zero attached hydrogens (tertiary/aromatic N) is 2. The largest absolute Gasteiger partial charge is 0.381 e. The van der Waals surface area contributed by atoms with Crippen LogP contribution in [0.25, 0.3) is 0 Å². The Hall–Kier alpha value is -1.40. The Morgan fingerprint density at radius 3 is 2.76 bits per heavy atom. The highest BCUT2D eigenvalue weighted by molar-refractivity contribution is 5.94. The average Bonchev–Trinajstić information content (AvgIpc) is 2.63. The minimum absolute atomic E-state index is 0.405. The van der Waals surface area contributed by atoms with Gasteiger partial charge in [-0.05, 0) is 26.3 Å². The number of aromatic nitrogens is 2. The highest BCUT2D eigenvalue weighted by atomic mass is 16.3. The summed E-state index contributed by atoms with van der Waals surface area (Å²) in [6.45, 7) is 0. The minimum atomic E-state index is -1.04. The number of carbonyl (C=O) groups excluding carboxylic acids is 1. The molecule has 1 unspecified atom stereocenters. The van der Waals surface area contributed by atoms with Crippen LogP contribution in [-0.2, 0) is 11.8 Å². The average molecular weight is 238 g/mol. The summed E-state index contributed by atoms with van der Waals surface area (Å²) in [5.41, 5.74) is -0.459. The van der Waals surface area contributed by atoms with Crippen molar-refractivity contribution in [3.05, 3.63) is 12.3 Å². The van der Waals surface area contributed by atoms with E-state index in [1.807, 2.05) is 0 Å². The molecule has 1 saturated carbocycles. The van der Waals surface area contributed by atoms with Gasteiger partial charge >= 0.3 is 0 Å². The highest BCUT2D eigenvalue weighted by Gasteiger charge is 2.45. The molecule has 1 aliphatic carbocycles. The number of hydrogen-bond donors (Lipinski definition) is 3. The predicted octanol–water partition coefficient (Wildman–Crippen LogP) is -0.138. The SMILES string of the molecule is CNC1(C(O)C(=O)Nc2ccn(C)n2)CCC1. The van der Waals surface area contributed by atoms with Crippen LogP contribution in [0, 0.1) is 0 Å². The second-order valence-corrected chi connectivity index (χ2v) is 4.53. The van der Waals surface area contributed by atoms with Crippen molar-refractivity contribution in [2.75, 3.05) is 12.4 Å². The van der Waals surface area contributed by atoms with E-state index in [0.717, 1.165) is 19.3 Å². The summed E-state index contributed by atoms with van der Waals surface area (Å²) in [4.78, 5) is 11.9. The van der Waals surface area contributed by atoms with Crippen LogP contribution in [0.5, 0.6) is 0 Å². The Balaban J connectivity index is 2.00. The summed E-state index contributed by atoms with van der Waals surface area (Å²) in [6, 6.07) is 1.69. The fraction of sp³-hybridized carbons (Fsp3) is 0.636. The lowest BCUT2D eigenvalue weighted by Crippen LogP contribution is -2.61. The first-order valence-corrected chi connectivity index (χ1v) is 5.75. The Morgan fingerprint density at radius 2 is 2.35 bits per heavy atom. The van der Waals surface area contributed by atoms with Crippen LogP contribution in [0.1, 0.15) is 19.3 Å². The van der Waals surface area contributed by atoms with Gasteiger partial charge in [0.15, 0.2) is 11.9 Å². The van der Waals surface area contributed by atoms with Crippen LogP contribution in [0.3, 0.4) is 0 Å². The van der Waals surface area contributed by atoms with Gasteiger partial charge in [0.1, 0.15) is 0 Å². The first kappa shape index (κ1) is 12.1. The molecule has 1 aliphatic rings. The lowest BCUT2D eigenvalue weighted by molar-refractivity contribution is -0.131. The third kappa shape index (κ3) is 2.18. The zero-order valence-electron chi connectivity index (χ0n) is 10.1. The van der Waals surface area contributed by atoms with Crippen molar-refractivity contribution in [3.8, 4) is 0 Å². The van der Waals surface area contributed by atoms with E-state index in [9.17, 15) is 9.90 Å². The molecular formula is C11H18N4O2. The van der Waals surface area contributed by atoms with Crippen molar-refractivity contribution in [1.29, 1.82) is 0 Å². The van der Waals surface area contributed by atoms with Gasteiger partial charge in [0.2, 0.25) is 0 Å². The van der Waals surface area contributed by atoms with E-state index in [0.29, 0.717) is 5.82 Å². The van der Waals surface area contributed by atoms with Crippen LogP contribution in [0.15, 0.2) is 12.3 Å². The molecule has 0 spiro atoms. The standard InChI is InChI=1S/C11H18N4O2/c1-12-11(5-3-6-11)9(16)10(17)13-8-4-7-15(2)14-8/h4,7,9,12,16H,3,5-6H2,1-2H3,(H,13,14,17). The molecule has 2 rings (SSSR count). The third-order valence-corrected chi connectivity index (χ3v) is 3.48. The number of carbonyl (C=O) groups is 1. The normalized spacial score (nSPS) is 19.5. The number of anilines is 1. The lowest BCUT2D eigenvalue weighted by atomic mass is 9.72. The van der Waals surface area contributed by atoms with Crippen molar-refractivity contribution in [2.45, 2.75) is 30.9 Å². The fourth-order valence-corrected chi connectivity index (χ4v) is 2.15. The summed E-state index contributed by atoms with van der Waals surface area (Å²) in [5, 5.41) is 19.7. The maximum atomic E-state index is 11.9. The molecule has 0 radical (unpaired) electrons. The molecule has 0 saturated heterocycles. The Bertz CT molecular complexity index is 406.